The van der Waals surface area contributed by atoms with Gasteiger partial charge in [-0.25, -0.2) is 9.97 Å². The SMILES string of the molecule is Brc1cnc(NCCC2CCNCC2)nc1-c1ccccc1. The average molecular weight is 361 g/mol. The lowest BCUT2D eigenvalue weighted by atomic mass is 9.95. The first kappa shape index (κ1) is 15.4. The van der Waals surface area contributed by atoms with E-state index >= 15 is 0 Å². The molecule has 0 atom stereocenters. The van der Waals surface area contributed by atoms with E-state index in [0.717, 1.165) is 41.3 Å². The second kappa shape index (κ2) is 7.70. The van der Waals surface area contributed by atoms with Crippen LogP contribution in [0.5, 0.6) is 0 Å². The fourth-order valence-electron chi connectivity index (χ4n) is 2.81. The van der Waals surface area contributed by atoms with Crippen molar-refractivity contribution in [3.8, 4) is 11.3 Å². The number of halogens is 1. The van der Waals surface area contributed by atoms with Crippen molar-refractivity contribution in [2.75, 3.05) is 25.0 Å². The van der Waals surface area contributed by atoms with Crippen molar-refractivity contribution in [2.45, 2.75) is 19.3 Å². The zero-order valence-electron chi connectivity index (χ0n) is 12.6. The van der Waals surface area contributed by atoms with Gasteiger partial charge in [-0.1, -0.05) is 30.3 Å². The summed E-state index contributed by atoms with van der Waals surface area (Å²) in [5.41, 5.74) is 2.03. The first-order chi connectivity index (χ1) is 10.8. The number of aromatic nitrogens is 2. The molecule has 0 bridgehead atoms. The fraction of sp³-hybridized carbons (Fsp3) is 0.412. The van der Waals surface area contributed by atoms with Crippen LogP contribution in [0.25, 0.3) is 11.3 Å². The summed E-state index contributed by atoms with van der Waals surface area (Å²) < 4.78 is 0.919. The molecule has 116 valence electrons. The molecule has 2 aromatic rings. The number of hydrogen-bond acceptors (Lipinski definition) is 4. The summed E-state index contributed by atoms with van der Waals surface area (Å²) in [4.78, 5) is 9.01. The van der Waals surface area contributed by atoms with Gasteiger partial charge in [0, 0.05) is 18.3 Å². The van der Waals surface area contributed by atoms with Crippen LogP contribution in [0.15, 0.2) is 41.0 Å². The van der Waals surface area contributed by atoms with Crippen LogP contribution in [-0.2, 0) is 0 Å². The Morgan fingerprint density at radius 2 is 1.95 bits per heavy atom. The van der Waals surface area contributed by atoms with E-state index in [4.69, 9.17) is 0 Å². The van der Waals surface area contributed by atoms with E-state index in [1.807, 2.05) is 24.4 Å². The summed E-state index contributed by atoms with van der Waals surface area (Å²) in [6.07, 6.45) is 5.56. The minimum absolute atomic E-state index is 0.705. The van der Waals surface area contributed by atoms with Crippen LogP contribution in [0.3, 0.4) is 0 Å². The van der Waals surface area contributed by atoms with E-state index in [2.05, 4.69) is 48.7 Å². The molecule has 5 heteroatoms. The third-order valence-electron chi connectivity index (χ3n) is 4.09. The average Bonchev–Trinajstić information content (AvgIpc) is 2.58. The smallest absolute Gasteiger partial charge is 0.223 e. The van der Waals surface area contributed by atoms with Crippen molar-refractivity contribution in [1.82, 2.24) is 15.3 Å². The summed E-state index contributed by atoms with van der Waals surface area (Å²) in [5, 5.41) is 6.77. The van der Waals surface area contributed by atoms with Gasteiger partial charge in [-0.3, -0.25) is 0 Å². The molecule has 1 aliphatic heterocycles. The minimum atomic E-state index is 0.705. The maximum absolute atomic E-state index is 4.64. The number of benzene rings is 1. The quantitative estimate of drug-likeness (QED) is 0.853. The van der Waals surface area contributed by atoms with Crippen LogP contribution >= 0.6 is 15.9 Å². The number of anilines is 1. The molecule has 0 aliphatic carbocycles. The van der Waals surface area contributed by atoms with Crippen molar-refractivity contribution in [2.24, 2.45) is 5.92 Å². The molecular formula is C17H21BrN4. The normalized spacial score (nSPS) is 15.7. The van der Waals surface area contributed by atoms with Gasteiger partial charge in [0.15, 0.2) is 0 Å². The molecule has 1 fully saturated rings. The number of rotatable bonds is 5. The summed E-state index contributed by atoms with van der Waals surface area (Å²) in [7, 11) is 0. The zero-order chi connectivity index (χ0) is 15.2. The summed E-state index contributed by atoms with van der Waals surface area (Å²) in [6.45, 7) is 3.23. The Hall–Kier alpha value is -1.46. The summed E-state index contributed by atoms with van der Waals surface area (Å²) in [5.74, 6) is 1.52. The molecule has 2 heterocycles. The van der Waals surface area contributed by atoms with Gasteiger partial charge in [-0.2, -0.15) is 0 Å². The Kier molecular flexibility index (Phi) is 5.40. The molecule has 1 aliphatic rings. The lowest BCUT2D eigenvalue weighted by Crippen LogP contribution is -2.28. The third-order valence-corrected chi connectivity index (χ3v) is 4.67. The number of nitrogens with zero attached hydrogens (tertiary/aromatic N) is 2. The van der Waals surface area contributed by atoms with Crippen LogP contribution < -0.4 is 10.6 Å². The Morgan fingerprint density at radius 1 is 1.18 bits per heavy atom. The first-order valence-electron chi connectivity index (χ1n) is 7.85. The van der Waals surface area contributed by atoms with E-state index in [9.17, 15) is 0 Å². The van der Waals surface area contributed by atoms with Crippen LogP contribution in [0.4, 0.5) is 5.95 Å². The highest BCUT2D eigenvalue weighted by Gasteiger charge is 2.13. The molecule has 4 nitrogen and oxygen atoms in total. The first-order valence-corrected chi connectivity index (χ1v) is 8.65. The molecule has 3 rings (SSSR count). The largest absolute Gasteiger partial charge is 0.354 e. The van der Waals surface area contributed by atoms with Crippen molar-refractivity contribution in [1.29, 1.82) is 0 Å². The Labute approximate surface area is 139 Å². The molecule has 0 radical (unpaired) electrons. The predicted molar refractivity (Wildman–Crippen MR) is 93.9 cm³/mol. The van der Waals surface area contributed by atoms with Gasteiger partial charge in [0.25, 0.3) is 0 Å². The van der Waals surface area contributed by atoms with Crippen molar-refractivity contribution < 1.29 is 0 Å². The molecule has 1 aromatic carbocycles. The topological polar surface area (TPSA) is 49.8 Å². The molecular weight excluding hydrogens is 340 g/mol. The van der Waals surface area contributed by atoms with E-state index in [1.54, 1.807) is 0 Å². The zero-order valence-corrected chi connectivity index (χ0v) is 14.1. The van der Waals surface area contributed by atoms with Crippen LogP contribution in [0.2, 0.25) is 0 Å². The fourth-order valence-corrected chi connectivity index (χ4v) is 3.23. The molecule has 0 spiro atoms. The van der Waals surface area contributed by atoms with Crippen molar-refractivity contribution in [3.63, 3.8) is 0 Å². The van der Waals surface area contributed by atoms with E-state index < -0.39 is 0 Å². The van der Waals surface area contributed by atoms with Crippen LogP contribution in [-0.4, -0.2) is 29.6 Å². The maximum Gasteiger partial charge on any atom is 0.223 e. The molecule has 22 heavy (non-hydrogen) atoms. The van der Waals surface area contributed by atoms with Crippen molar-refractivity contribution in [3.05, 3.63) is 41.0 Å². The lowest BCUT2D eigenvalue weighted by Gasteiger charge is -2.22. The highest BCUT2D eigenvalue weighted by atomic mass is 79.9. The second-order valence-corrected chi connectivity index (χ2v) is 6.52. The Bertz CT molecular complexity index is 597. The van der Waals surface area contributed by atoms with E-state index in [-0.39, 0.29) is 0 Å². The maximum atomic E-state index is 4.64. The van der Waals surface area contributed by atoms with Gasteiger partial charge in [0.05, 0.1) is 10.2 Å². The van der Waals surface area contributed by atoms with Crippen molar-refractivity contribution >= 4 is 21.9 Å². The van der Waals surface area contributed by atoms with Gasteiger partial charge < -0.3 is 10.6 Å². The Morgan fingerprint density at radius 3 is 2.73 bits per heavy atom. The van der Waals surface area contributed by atoms with Crippen LogP contribution in [0, 0.1) is 5.92 Å². The molecule has 1 aromatic heterocycles. The summed E-state index contributed by atoms with van der Waals surface area (Å²) >= 11 is 3.54. The summed E-state index contributed by atoms with van der Waals surface area (Å²) in [6, 6.07) is 10.2. The molecule has 0 unspecified atom stereocenters. The second-order valence-electron chi connectivity index (χ2n) is 5.67. The highest BCUT2D eigenvalue weighted by molar-refractivity contribution is 9.10. The number of hydrogen-bond donors (Lipinski definition) is 2. The van der Waals surface area contributed by atoms with Gasteiger partial charge in [-0.15, -0.1) is 0 Å². The van der Waals surface area contributed by atoms with E-state index in [0.29, 0.717) is 5.95 Å². The molecule has 0 saturated carbocycles. The number of nitrogens with one attached hydrogen (secondary N) is 2. The van der Waals surface area contributed by atoms with Gasteiger partial charge in [-0.05, 0) is 54.2 Å². The predicted octanol–water partition coefficient (Wildman–Crippen LogP) is 3.71. The molecule has 2 N–H and O–H groups in total. The number of piperidine rings is 1. The van der Waals surface area contributed by atoms with E-state index in [1.165, 1.54) is 19.3 Å². The highest BCUT2D eigenvalue weighted by Crippen LogP contribution is 2.26. The van der Waals surface area contributed by atoms with Gasteiger partial charge >= 0.3 is 0 Å². The lowest BCUT2D eigenvalue weighted by molar-refractivity contribution is 0.361. The molecule has 0 amide bonds. The third kappa shape index (κ3) is 4.05. The monoisotopic (exact) mass is 360 g/mol. The molecule has 1 saturated heterocycles. The van der Waals surface area contributed by atoms with Gasteiger partial charge in [0.2, 0.25) is 5.95 Å². The standard InChI is InChI=1S/C17H21BrN4/c18-15-12-21-17(20-11-8-13-6-9-19-10-7-13)22-16(15)14-4-2-1-3-5-14/h1-5,12-13,19H,6-11H2,(H,20,21,22). The minimum Gasteiger partial charge on any atom is -0.354 e. The van der Waals surface area contributed by atoms with Gasteiger partial charge in [0.1, 0.15) is 0 Å². The van der Waals surface area contributed by atoms with Crippen LogP contribution in [0.1, 0.15) is 19.3 Å². The Balaban J connectivity index is 1.62.